The van der Waals surface area contributed by atoms with Crippen molar-refractivity contribution in [1.29, 1.82) is 0 Å². The summed E-state index contributed by atoms with van der Waals surface area (Å²) >= 11 is 0. The van der Waals surface area contributed by atoms with Gasteiger partial charge in [0.15, 0.2) is 0 Å². The Morgan fingerprint density at radius 1 is 0.927 bits per heavy atom. The Morgan fingerprint density at radius 2 is 1.59 bits per heavy atom. The van der Waals surface area contributed by atoms with Crippen molar-refractivity contribution in [1.82, 2.24) is 15.1 Å². The van der Waals surface area contributed by atoms with Crippen LogP contribution in [0.25, 0.3) is 0 Å². The van der Waals surface area contributed by atoms with Gasteiger partial charge in [-0.15, -0.1) is 0 Å². The van der Waals surface area contributed by atoms with Gasteiger partial charge in [0.25, 0.3) is 0 Å². The largest absolute Gasteiger partial charge is 0.489 e. The fourth-order valence-electron chi connectivity index (χ4n) is 5.73. The van der Waals surface area contributed by atoms with Crippen molar-refractivity contribution in [3.8, 4) is 5.75 Å². The molecule has 2 amide bonds. The minimum Gasteiger partial charge on any atom is -0.489 e. The van der Waals surface area contributed by atoms with E-state index < -0.39 is 6.04 Å². The smallest absolute Gasteiger partial charge is 0.247 e. The van der Waals surface area contributed by atoms with Crippen molar-refractivity contribution >= 4 is 11.8 Å². The molecule has 0 aromatic heterocycles. The minimum absolute atomic E-state index is 0.0297. The van der Waals surface area contributed by atoms with E-state index >= 15 is 0 Å². The monoisotopic (exact) mass is 555 g/mol. The van der Waals surface area contributed by atoms with E-state index in [0.29, 0.717) is 44.6 Å². The molecule has 0 spiro atoms. The van der Waals surface area contributed by atoms with Gasteiger partial charge in [0.2, 0.25) is 11.8 Å². The molecule has 1 heterocycles. The summed E-state index contributed by atoms with van der Waals surface area (Å²) < 4.78 is 6.07. The zero-order valence-electron chi connectivity index (χ0n) is 25.0. The SMILES string of the molecule is CC(C)N(CCNC(=O)C1c2ccc(OCc3ccccc3)cc2CCN1C(=O)CCCc1ccccc1)C(C)C. The molecule has 1 aliphatic heterocycles. The van der Waals surface area contributed by atoms with Crippen molar-refractivity contribution in [3.63, 3.8) is 0 Å². The highest BCUT2D eigenvalue weighted by Gasteiger charge is 2.35. The summed E-state index contributed by atoms with van der Waals surface area (Å²) in [6.07, 6.45) is 2.71. The van der Waals surface area contributed by atoms with E-state index in [1.807, 2.05) is 66.7 Å². The van der Waals surface area contributed by atoms with Crippen LogP contribution < -0.4 is 10.1 Å². The number of amides is 2. The molecule has 0 saturated carbocycles. The Kier molecular flexibility index (Phi) is 11.0. The lowest BCUT2D eigenvalue weighted by atomic mass is 9.91. The maximum atomic E-state index is 13.7. The molecule has 0 saturated heterocycles. The van der Waals surface area contributed by atoms with Gasteiger partial charge >= 0.3 is 0 Å². The van der Waals surface area contributed by atoms with Gasteiger partial charge in [-0.2, -0.15) is 0 Å². The molecule has 0 aliphatic carbocycles. The van der Waals surface area contributed by atoms with Crippen molar-refractivity contribution in [3.05, 3.63) is 101 Å². The summed E-state index contributed by atoms with van der Waals surface area (Å²) in [5, 5.41) is 3.16. The van der Waals surface area contributed by atoms with Gasteiger partial charge < -0.3 is 15.0 Å². The van der Waals surface area contributed by atoms with Gasteiger partial charge in [0, 0.05) is 38.1 Å². The van der Waals surface area contributed by atoms with Crippen LogP contribution >= 0.6 is 0 Å². The van der Waals surface area contributed by atoms with Gasteiger partial charge in [0.05, 0.1) is 0 Å². The van der Waals surface area contributed by atoms with E-state index in [-0.39, 0.29) is 11.8 Å². The van der Waals surface area contributed by atoms with Crippen LogP contribution in [-0.2, 0) is 29.0 Å². The number of nitrogens with zero attached hydrogens (tertiary/aromatic N) is 2. The Balaban J connectivity index is 1.47. The molecular formula is C35H45N3O3. The zero-order chi connectivity index (χ0) is 29.2. The number of aryl methyl sites for hydroxylation is 1. The first-order chi connectivity index (χ1) is 19.8. The summed E-state index contributed by atoms with van der Waals surface area (Å²) in [7, 11) is 0. The van der Waals surface area contributed by atoms with Crippen LogP contribution in [0.4, 0.5) is 0 Å². The molecule has 41 heavy (non-hydrogen) atoms. The lowest BCUT2D eigenvalue weighted by molar-refractivity contribution is -0.141. The fourth-order valence-corrected chi connectivity index (χ4v) is 5.73. The number of hydrogen-bond acceptors (Lipinski definition) is 4. The number of carbonyl (C=O) groups is 2. The lowest BCUT2D eigenvalue weighted by Crippen LogP contribution is -2.49. The topological polar surface area (TPSA) is 61.9 Å². The molecule has 1 atom stereocenters. The lowest BCUT2D eigenvalue weighted by Gasteiger charge is -2.37. The molecule has 6 nitrogen and oxygen atoms in total. The number of ether oxygens (including phenoxy) is 1. The molecule has 6 heteroatoms. The second-order valence-corrected chi connectivity index (χ2v) is 11.4. The van der Waals surface area contributed by atoms with Crippen LogP contribution in [0.2, 0.25) is 0 Å². The highest BCUT2D eigenvalue weighted by Crippen LogP contribution is 2.33. The zero-order valence-corrected chi connectivity index (χ0v) is 25.0. The third-order valence-electron chi connectivity index (χ3n) is 7.85. The maximum Gasteiger partial charge on any atom is 0.247 e. The summed E-state index contributed by atoms with van der Waals surface area (Å²) in [6.45, 7) is 11.0. The number of nitrogens with one attached hydrogen (secondary N) is 1. The molecule has 1 unspecified atom stereocenters. The van der Waals surface area contributed by atoms with Crippen molar-refractivity contribution in [2.75, 3.05) is 19.6 Å². The van der Waals surface area contributed by atoms with Gasteiger partial charge in [-0.05, 0) is 81.3 Å². The predicted molar refractivity (Wildman–Crippen MR) is 165 cm³/mol. The van der Waals surface area contributed by atoms with Crippen LogP contribution in [-0.4, -0.2) is 53.3 Å². The summed E-state index contributed by atoms with van der Waals surface area (Å²) in [5.74, 6) is 0.689. The summed E-state index contributed by atoms with van der Waals surface area (Å²) in [4.78, 5) is 31.4. The molecule has 3 aromatic carbocycles. The number of benzene rings is 3. The minimum atomic E-state index is -0.641. The highest BCUT2D eigenvalue weighted by molar-refractivity contribution is 5.89. The molecule has 1 N–H and O–H groups in total. The number of fused-ring (bicyclic) bond motifs is 1. The van der Waals surface area contributed by atoms with E-state index in [1.165, 1.54) is 5.56 Å². The van der Waals surface area contributed by atoms with E-state index in [0.717, 1.165) is 41.8 Å². The fraction of sp³-hybridized carbons (Fsp3) is 0.429. The number of rotatable bonds is 13. The normalized spacial score (nSPS) is 14.8. The third-order valence-corrected chi connectivity index (χ3v) is 7.85. The summed E-state index contributed by atoms with van der Waals surface area (Å²) in [6, 6.07) is 26.4. The van der Waals surface area contributed by atoms with Crippen LogP contribution in [0.1, 0.15) is 68.8 Å². The molecule has 3 aromatic rings. The molecule has 4 rings (SSSR count). The quantitative estimate of drug-likeness (QED) is 0.283. The molecule has 1 aliphatic rings. The Morgan fingerprint density at radius 3 is 2.24 bits per heavy atom. The van der Waals surface area contributed by atoms with Crippen LogP contribution in [0.3, 0.4) is 0 Å². The summed E-state index contributed by atoms with van der Waals surface area (Å²) in [5.41, 5.74) is 4.28. The molecule has 218 valence electrons. The van der Waals surface area contributed by atoms with E-state index in [9.17, 15) is 9.59 Å². The molecule has 0 fully saturated rings. The first-order valence-electron chi connectivity index (χ1n) is 15.0. The van der Waals surface area contributed by atoms with E-state index in [1.54, 1.807) is 4.90 Å². The Labute approximate surface area is 245 Å². The molecular weight excluding hydrogens is 510 g/mol. The average molecular weight is 556 g/mol. The van der Waals surface area contributed by atoms with E-state index in [2.05, 4.69) is 50.0 Å². The van der Waals surface area contributed by atoms with Crippen molar-refractivity contribution in [2.45, 2.75) is 78.1 Å². The molecule has 0 bridgehead atoms. The standard InChI is InChI=1S/C35H45N3O3/c1-26(2)37(27(3)4)23-21-36-35(40)34-32-19-18-31(41-25-29-14-9-6-10-15-29)24-30(32)20-22-38(34)33(39)17-11-16-28-12-7-5-8-13-28/h5-10,12-15,18-19,24,26-27,34H,11,16-17,20-23,25H2,1-4H3,(H,36,40). The van der Waals surface area contributed by atoms with Crippen molar-refractivity contribution < 1.29 is 14.3 Å². The van der Waals surface area contributed by atoms with Gasteiger partial charge in [-0.3, -0.25) is 14.5 Å². The Bertz CT molecular complexity index is 1250. The first-order valence-corrected chi connectivity index (χ1v) is 15.0. The number of hydrogen-bond donors (Lipinski definition) is 1. The van der Waals surface area contributed by atoms with Crippen LogP contribution in [0.5, 0.6) is 5.75 Å². The van der Waals surface area contributed by atoms with Crippen LogP contribution in [0, 0.1) is 0 Å². The van der Waals surface area contributed by atoms with Crippen molar-refractivity contribution in [2.24, 2.45) is 0 Å². The maximum absolute atomic E-state index is 13.7. The van der Waals surface area contributed by atoms with E-state index in [4.69, 9.17) is 4.74 Å². The Hall–Kier alpha value is -3.64. The highest BCUT2D eigenvalue weighted by atomic mass is 16.5. The molecule has 0 radical (unpaired) electrons. The van der Waals surface area contributed by atoms with Gasteiger partial charge in [0.1, 0.15) is 18.4 Å². The second kappa shape index (κ2) is 14.8. The predicted octanol–water partition coefficient (Wildman–Crippen LogP) is 5.95. The second-order valence-electron chi connectivity index (χ2n) is 11.4. The van der Waals surface area contributed by atoms with Crippen LogP contribution in [0.15, 0.2) is 78.9 Å². The average Bonchev–Trinajstić information content (AvgIpc) is 2.98. The van der Waals surface area contributed by atoms with Gasteiger partial charge in [-0.1, -0.05) is 66.7 Å². The first kappa shape index (κ1) is 30.3. The van der Waals surface area contributed by atoms with Gasteiger partial charge in [-0.25, -0.2) is 0 Å². The number of carbonyl (C=O) groups excluding carboxylic acids is 2. The third kappa shape index (κ3) is 8.43.